The van der Waals surface area contributed by atoms with Gasteiger partial charge in [0.1, 0.15) is 11.8 Å². The lowest BCUT2D eigenvalue weighted by Gasteiger charge is -2.25. The number of nitriles is 4. The van der Waals surface area contributed by atoms with E-state index in [0.29, 0.717) is 0 Å². The summed E-state index contributed by atoms with van der Waals surface area (Å²) in [6, 6.07) is 7.11. The lowest BCUT2D eigenvalue weighted by Crippen LogP contribution is -2.29. The Hall–Kier alpha value is -2.04. The molecule has 0 aliphatic heterocycles. The van der Waals surface area contributed by atoms with E-state index in [0.717, 1.165) is 0 Å². The van der Waals surface area contributed by atoms with Crippen LogP contribution in [0.5, 0.6) is 0 Å². The number of rotatable bonds is 2. The molecule has 0 aromatic heterocycles. The van der Waals surface area contributed by atoms with E-state index in [1.165, 1.54) is 0 Å². The van der Waals surface area contributed by atoms with Gasteiger partial charge in [0.2, 0.25) is 0 Å². The van der Waals surface area contributed by atoms with Crippen molar-refractivity contribution in [1.29, 1.82) is 21.0 Å². The standard InChI is InChI=1S/C9H8N4/c1-9(2,7(3-10)4-11)8(5-12)6-13/h7-8H,1-2H3. The monoisotopic (exact) mass is 172 g/mol. The van der Waals surface area contributed by atoms with E-state index < -0.39 is 17.3 Å². The highest BCUT2D eigenvalue weighted by molar-refractivity contribution is 5.16. The van der Waals surface area contributed by atoms with E-state index in [4.69, 9.17) is 21.0 Å². The van der Waals surface area contributed by atoms with Gasteiger partial charge >= 0.3 is 0 Å². The van der Waals surface area contributed by atoms with Crippen molar-refractivity contribution in [3.63, 3.8) is 0 Å². The van der Waals surface area contributed by atoms with Gasteiger partial charge in [-0.15, -0.1) is 0 Å². The fraction of sp³-hybridized carbons (Fsp3) is 0.556. The van der Waals surface area contributed by atoms with Crippen molar-refractivity contribution in [3.8, 4) is 24.3 Å². The lowest BCUT2D eigenvalue weighted by molar-refractivity contribution is 0.270. The van der Waals surface area contributed by atoms with Crippen molar-refractivity contribution in [2.24, 2.45) is 17.3 Å². The Labute approximate surface area is 77.2 Å². The van der Waals surface area contributed by atoms with Crippen LogP contribution in [0.4, 0.5) is 0 Å². The van der Waals surface area contributed by atoms with E-state index in [1.807, 2.05) is 0 Å². The van der Waals surface area contributed by atoms with E-state index in [1.54, 1.807) is 38.1 Å². The first-order valence-electron chi connectivity index (χ1n) is 3.63. The summed E-state index contributed by atoms with van der Waals surface area (Å²) in [5.74, 6) is -1.87. The Morgan fingerprint density at radius 2 is 1.00 bits per heavy atom. The van der Waals surface area contributed by atoms with Crippen LogP contribution in [-0.2, 0) is 0 Å². The second kappa shape index (κ2) is 4.10. The van der Waals surface area contributed by atoms with E-state index in [9.17, 15) is 0 Å². The van der Waals surface area contributed by atoms with E-state index in [2.05, 4.69) is 0 Å². The Kier molecular flexibility index (Phi) is 3.46. The lowest BCUT2D eigenvalue weighted by atomic mass is 9.71. The smallest absolute Gasteiger partial charge is 0.140 e. The third kappa shape index (κ3) is 1.96. The first kappa shape index (κ1) is 11.0. The van der Waals surface area contributed by atoms with Crippen LogP contribution in [0, 0.1) is 62.6 Å². The minimum atomic E-state index is -0.934. The minimum absolute atomic E-state index is 0.910. The van der Waals surface area contributed by atoms with Gasteiger partial charge < -0.3 is 0 Å². The van der Waals surface area contributed by atoms with Crippen molar-refractivity contribution < 1.29 is 0 Å². The van der Waals surface area contributed by atoms with Crippen LogP contribution in [0.15, 0.2) is 0 Å². The Bertz CT molecular complexity index is 280. The molecule has 0 spiro atoms. The van der Waals surface area contributed by atoms with Crippen LogP contribution in [0.3, 0.4) is 0 Å². The summed E-state index contributed by atoms with van der Waals surface area (Å²) < 4.78 is 0. The first-order chi connectivity index (χ1) is 6.04. The molecule has 0 fully saturated rings. The van der Waals surface area contributed by atoms with Crippen LogP contribution in [0.1, 0.15) is 13.8 Å². The fourth-order valence-electron chi connectivity index (χ4n) is 0.890. The molecule has 0 bridgehead atoms. The highest BCUT2D eigenvalue weighted by atomic mass is 14.5. The van der Waals surface area contributed by atoms with Gasteiger partial charge in [-0.25, -0.2) is 0 Å². The predicted octanol–water partition coefficient (Wildman–Crippen LogP) is 1.34. The highest BCUT2D eigenvalue weighted by Gasteiger charge is 2.38. The summed E-state index contributed by atoms with van der Waals surface area (Å²) in [4.78, 5) is 0. The van der Waals surface area contributed by atoms with Crippen LogP contribution >= 0.6 is 0 Å². The molecule has 0 saturated carbocycles. The fourth-order valence-corrected chi connectivity index (χ4v) is 0.890. The quantitative estimate of drug-likeness (QED) is 0.627. The predicted molar refractivity (Wildman–Crippen MR) is 43.2 cm³/mol. The zero-order valence-electron chi connectivity index (χ0n) is 7.44. The van der Waals surface area contributed by atoms with Gasteiger partial charge in [0.15, 0.2) is 0 Å². The van der Waals surface area contributed by atoms with Gasteiger partial charge in [-0.3, -0.25) is 0 Å². The van der Waals surface area contributed by atoms with Gasteiger partial charge in [0.25, 0.3) is 0 Å². The van der Waals surface area contributed by atoms with E-state index in [-0.39, 0.29) is 0 Å². The Morgan fingerprint density at radius 1 is 0.769 bits per heavy atom. The molecule has 4 heteroatoms. The van der Waals surface area contributed by atoms with Crippen LogP contribution < -0.4 is 0 Å². The molecule has 0 atom stereocenters. The molecule has 0 aromatic carbocycles. The molecule has 0 heterocycles. The minimum Gasteiger partial charge on any atom is -0.197 e. The van der Waals surface area contributed by atoms with Crippen molar-refractivity contribution in [2.75, 3.05) is 0 Å². The Morgan fingerprint density at radius 3 is 1.15 bits per heavy atom. The third-order valence-electron chi connectivity index (χ3n) is 2.00. The summed E-state index contributed by atoms with van der Waals surface area (Å²) in [6.07, 6.45) is 0. The number of hydrogen-bond donors (Lipinski definition) is 0. The van der Waals surface area contributed by atoms with Gasteiger partial charge in [-0.2, -0.15) is 21.0 Å². The Balaban J connectivity index is 5.02. The number of nitrogens with zero attached hydrogens (tertiary/aromatic N) is 4. The molecule has 0 aliphatic rings. The van der Waals surface area contributed by atoms with Gasteiger partial charge in [-0.1, -0.05) is 13.8 Å². The molecule has 4 nitrogen and oxygen atoms in total. The summed E-state index contributed by atoms with van der Waals surface area (Å²) in [7, 11) is 0. The molecule has 0 unspecified atom stereocenters. The summed E-state index contributed by atoms with van der Waals surface area (Å²) >= 11 is 0. The average Bonchev–Trinajstić information content (AvgIpc) is 2.07. The summed E-state index contributed by atoms with van der Waals surface area (Å²) in [5.41, 5.74) is -0.910. The molecule has 0 amide bonds. The molecule has 0 rings (SSSR count). The SMILES string of the molecule is CC(C)(C(C#N)C#N)C(C#N)C#N. The molecule has 0 N–H and O–H groups in total. The number of hydrogen-bond acceptors (Lipinski definition) is 4. The largest absolute Gasteiger partial charge is 0.197 e. The average molecular weight is 172 g/mol. The molecule has 13 heavy (non-hydrogen) atoms. The van der Waals surface area contributed by atoms with Crippen LogP contribution in [-0.4, -0.2) is 0 Å². The van der Waals surface area contributed by atoms with Crippen molar-refractivity contribution in [3.05, 3.63) is 0 Å². The second-order valence-corrected chi connectivity index (χ2v) is 3.20. The van der Waals surface area contributed by atoms with Crippen LogP contribution in [0.25, 0.3) is 0 Å². The molecular formula is C9H8N4. The summed E-state index contributed by atoms with van der Waals surface area (Å²) in [5, 5.41) is 34.4. The molecule has 64 valence electrons. The molecule has 0 saturated heterocycles. The summed E-state index contributed by atoms with van der Waals surface area (Å²) in [6.45, 7) is 3.14. The normalized spacial score (nSPS) is 9.85. The molecule has 0 aromatic rings. The van der Waals surface area contributed by atoms with Gasteiger partial charge in [0.05, 0.1) is 24.3 Å². The van der Waals surface area contributed by atoms with Gasteiger partial charge in [-0.05, 0) is 0 Å². The molecule has 0 aliphatic carbocycles. The van der Waals surface area contributed by atoms with E-state index >= 15 is 0 Å². The van der Waals surface area contributed by atoms with Crippen LogP contribution in [0.2, 0.25) is 0 Å². The maximum absolute atomic E-state index is 8.61. The third-order valence-corrected chi connectivity index (χ3v) is 2.00. The molecular weight excluding hydrogens is 164 g/mol. The topological polar surface area (TPSA) is 95.2 Å². The van der Waals surface area contributed by atoms with Gasteiger partial charge in [0, 0.05) is 5.41 Å². The highest BCUT2D eigenvalue weighted by Crippen LogP contribution is 2.33. The van der Waals surface area contributed by atoms with Crippen molar-refractivity contribution in [1.82, 2.24) is 0 Å². The van der Waals surface area contributed by atoms with Crippen molar-refractivity contribution in [2.45, 2.75) is 13.8 Å². The zero-order valence-corrected chi connectivity index (χ0v) is 7.44. The second-order valence-electron chi connectivity index (χ2n) is 3.20. The van der Waals surface area contributed by atoms with Crippen molar-refractivity contribution >= 4 is 0 Å². The zero-order chi connectivity index (χ0) is 10.5. The molecule has 0 radical (unpaired) electrons. The maximum Gasteiger partial charge on any atom is 0.140 e. The maximum atomic E-state index is 8.61. The first-order valence-corrected chi connectivity index (χ1v) is 3.63.